The van der Waals surface area contributed by atoms with E-state index in [9.17, 15) is 19.2 Å². The Kier molecular flexibility index (Phi) is 7.55. The molecule has 0 fully saturated rings. The number of carbonyl (C=O) groups is 2. The molecule has 0 aliphatic rings. The Hall–Kier alpha value is -4.44. The number of halogens is 1. The molecule has 3 aromatic carbocycles. The Morgan fingerprint density at radius 3 is 2.45 bits per heavy atom. The molecule has 166 valence electrons. The molecule has 0 aliphatic heterocycles. The molecule has 0 saturated heterocycles. The fraction of sp³-hybridized carbons (Fsp3) is 0.115. The van der Waals surface area contributed by atoms with Gasteiger partial charge in [0.1, 0.15) is 23.2 Å². The summed E-state index contributed by atoms with van der Waals surface area (Å²) < 4.78 is 23.6. The lowest BCUT2D eigenvalue weighted by Crippen LogP contribution is -2.13. The summed E-state index contributed by atoms with van der Waals surface area (Å²) in [4.78, 5) is 24.1. The van der Waals surface area contributed by atoms with Crippen LogP contribution < -0.4 is 10.1 Å². The number of nitrogens with one attached hydrogen (secondary N) is 1. The van der Waals surface area contributed by atoms with Crippen LogP contribution in [0.2, 0.25) is 0 Å². The first kappa shape index (κ1) is 23.2. The zero-order valence-electron chi connectivity index (χ0n) is 18.1. The van der Waals surface area contributed by atoms with Gasteiger partial charge in [-0.15, -0.1) is 0 Å². The van der Waals surface area contributed by atoms with E-state index in [4.69, 9.17) is 4.74 Å². The standard InChI is InChI=1S/C26H21FN2O4/c1-32-24-15-18(6-7-20(24)12-17-4-3-5-22(27)14-17)13-21(16-28)25(30)29-23-10-8-19(9-11-23)26(31)33-2/h3-11,13-15H,12H2,1-2H3,(H,29,30)/b21-13+. The van der Waals surface area contributed by atoms with Crippen molar-refractivity contribution in [3.63, 3.8) is 0 Å². The molecule has 3 aromatic rings. The normalized spacial score (nSPS) is 10.8. The number of carbonyl (C=O) groups excluding carboxylic acids is 2. The fourth-order valence-corrected chi connectivity index (χ4v) is 3.19. The highest BCUT2D eigenvalue weighted by Gasteiger charge is 2.12. The summed E-state index contributed by atoms with van der Waals surface area (Å²) in [5.74, 6) is -0.828. The van der Waals surface area contributed by atoms with Gasteiger partial charge >= 0.3 is 5.97 Å². The van der Waals surface area contributed by atoms with Gasteiger partial charge in [0.25, 0.3) is 5.91 Å². The van der Waals surface area contributed by atoms with E-state index in [0.29, 0.717) is 29.0 Å². The molecule has 6 nitrogen and oxygen atoms in total. The Bertz CT molecular complexity index is 1240. The molecule has 0 bridgehead atoms. The second-order valence-corrected chi connectivity index (χ2v) is 7.07. The Morgan fingerprint density at radius 2 is 1.82 bits per heavy atom. The predicted molar refractivity (Wildman–Crippen MR) is 122 cm³/mol. The van der Waals surface area contributed by atoms with E-state index in [1.165, 1.54) is 44.6 Å². The number of amides is 1. The zero-order chi connectivity index (χ0) is 23.8. The first-order chi connectivity index (χ1) is 15.9. The number of nitriles is 1. The number of nitrogens with zero attached hydrogens (tertiary/aromatic N) is 1. The van der Waals surface area contributed by atoms with Gasteiger partial charge in [0.2, 0.25) is 0 Å². The molecule has 3 rings (SSSR count). The number of benzene rings is 3. The number of ether oxygens (including phenoxy) is 2. The van der Waals surface area contributed by atoms with Crippen molar-refractivity contribution in [2.75, 3.05) is 19.5 Å². The van der Waals surface area contributed by atoms with Crippen molar-refractivity contribution in [3.05, 3.63) is 100 Å². The van der Waals surface area contributed by atoms with Crippen LogP contribution in [0.3, 0.4) is 0 Å². The third kappa shape index (κ3) is 6.05. The molecule has 7 heteroatoms. The number of hydrogen-bond acceptors (Lipinski definition) is 5. The lowest BCUT2D eigenvalue weighted by atomic mass is 10.0. The second kappa shape index (κ2) is 10.7. The van der Waals surface area contributed by atoms with Crippen LogP contribution in [-0.4, -0.2) is 26.1 Å². The molecule has 0 atom stereocenters. The first-order valence-corrected chi connectivity index (χ1v) is 9.96. The maximum Gasteiger partial charge on any atom is 0.337 e. The van der Waals surface area contributed by atoms with Crippen molar-refractivity contribution in [2.24, 2.45) is 0 Å². The van der Waals surface area contributed by atoms with Gasteiger partial charge in [0, 0.05) is 12.1 Å². The highest BCUT2D eigenvalue weighted by Crippen LogP contribution is 2.25. The van der Waals surface area contributed by atoms with Crippen LogP contribution in [0, 0.1) is 17.1 Å². The van der Waals surface area contributed by atoms with Gasteiger partial charge in [-0.1, -0.05) is 24.3 Å². The van der Waals surface area contributed by atoms with E-state index in [0.717, 1.165) is 11.1 Å². The molecule has 0 aromatic heterocycles. The van der Waals surface area contributed by atoms with E-state index >= 15 is 0 Å². The summed E-state index contributed by atoms with van der Waals surface area (Å²) in [6, 6.07) is 19.6. The predicted octanol–water partition coefficient (Wildman–Crippen LogP) is 4.76. The van der Waals surface area contributed by atoms with Crippen LogP contribution in [0.15, 0.2) is 72.3 Å². The van der Waals surface area contributed by atoms with Crippen LogP contribution in [-0.2, 0) is 16.0 Å². The number of rotatable bonds is 7. The van der Waals surface area contributed by atoms with E-state index < -0.39 is 11.9 Å². The maximum absolute atomic E-state index is 13.5. The topological polar surface area (TPSA) is 88.4 Å². The molecule has 1 amide bonds. The minimum Gasteiger partial charge on any atom is -0.496 e. The molecular formula is C26H21FN2O4. The summed E-state index contributed by atoms with van der Waals surface area (Å²) in [5, 5.41) is 12.1. The van der Waals surface area contributed by atoms with Gasteiger partial charge in [0.05, 0.1) is 19.8 Å². The molecule has 0 radical (unpaired) electrons. The van der Waals surface area contributed by atoms with E-state index in [2.05, 4.69) is 10.1 Å². The number of anilines is 1. The number of esters is 1. The molecular weight excluding hydrogens is 423 g/mol. The highest BCUT2D eigenvalue weighted by molar-refractivity contribution is 6.09. The molecule has 1 N–H and O–H groups in total. The number of hydrogen-bond donors (Lipinski definition) is 1. The summed E-state index contributed by atoms with van der Waals surface area (Å²) >= 11 is 0. The average molecular weight is 444 g/mol. The largest absolute Gasteiger partial charge is 0.496 e. The van der Waals surface area contributed by atoms with Crippen LogP contribution in [0.1, 0.15) is 27.0 Å². The lowest BCUT2D eigenvalue weighted by Gasteiger charge is -2.10. The van der Waals surface area contributed by atoms with Gasteiger partial charge in [0.15, 0.2) is 0 Å². The minimum absolute atomic E-state index is 0.105. The zero-order valence-corrected chi connectivity index (χ0v) is 18.1. The van der Waals surface area contributed by atoms with E-state index in [-0.39, 0.29) is 11.4 Å². The van der Waals surface area contributed by atoms with Gasteiger partial charge in [-0.05, 0) is 65.2 Å². The van der Waals surface area contributed by atoms with Crippen molar-refractivity contribution in [1.29, 1.82) is 5.26 Å². The summed E-state index contributed by atoms with van der Waals surface area (Å²) in [6.07, 6.45) is 1.92. The third-order valence-corrected chi connectivity index (χ3v) is 4.83. The van der Waals surface area contributed by atoms with E-state index in [1.54, 1.807) is 30.3 Å². The molecule has 33 heavy (non-hydrogen) atoms. The molecule has 0 spiro atoms. The van der Waals surface area contributed by atoms with Gasteiger partial charge in [-0.2, -0.15) is 5.26 Å². The van der Waals surface area contributed by atoms with E-state index in [1.807, 2.05) is 18.2 Å². The molecule has 0 aliphatic carbocycles. The Balaban J connectivity index is 1.77. The summed E-state index contributed by atoms with van der Waals surface area (Å²) in [6.45, 7) is 0. The monoisotopic (exact) mass is 444 g/mol. The second-order valence-electron chi connectivity index (χ2n) is 7.07. The summed E-state index contributed by atoms with van der Waals surface area (Å²) in [5.41, 5.74) is 2.91. The minimum atomic E-state index is -0.592. The lowest BCUT2D eigenvalue weighted by molar-refractivity contribution is -0.112. The van der Waals surface area contributed by atoms with Crippen LogP contribution >= 0.6 is 0 Å². The van der Waals surface area contributed by atoms with Crippen LogP contribution in [0.4, 0.5) is 10.1 Å². The van der Waals surface area contributed by atoms with Gasteiger partial charge in [-0.3, -0.25) is 4.79 Å². The van der Waals surface area contributed by atoms with Crippen LogP contribution in [0.25, 0.3) is 6.08 Å². The van der Waals surface area contributed by atoms with Crippen molar-refractivity contribution in [1.82, 2.24) is 0 Å². The maximum atomic E-state index is 13.5. The quantitative estimate of drug-likeness (QED) is 0.323. The van der Waals surface area contributed by atoms with Crippen molar-refractivity contribution >= 4 is 23.6 Å². The highest BCUT2D eigenvalue weighted by atomic mass is 19.1. The van der Waals surface area contributed by atoms with Gasteiger partial charge < -0.3 is 14.8 Å². The first-order valence-electron chi connectivity index (χ1n) is 9.96. The van der Waals surface area contributed by atoms with Crippen molar-refractivity contribution in [2.45, 2.75) is 6.42 Å². The molecule has 0 unspecified atom stereocenters. The van der Waals surface area contributed by atoms with Gasteiger partial charge in [-0.25, -0.2) is 9.18 Å². The SMILES string of the molecule is COC(=O)c1ccc(NC(=O)/C(C#N)=C/c2ccc(Cc3cccc(F)c3)c(OC)c2)cc1. The fourth-order valence-electron chi connectivity index (χ4n) is 3.19. The average Bonchev–Trinajstić information content (AvgIpc) is 2.83. The number of methoxy groups -OCH3 is 2. The Morgan fingerprint density at radius 1 is 1.06 bits per heavy atom. The smallest absolute Gasteiger partial charge is 0.337 e. The summed E-state index contributed by atoms with van der Waals surface area (Å²) in [7, 11) is 2.80. The molecule has 0 heterocycles. The Labute approximate surface area is 190 Å². The van der Waals surface area contributed by atoms with Crippen molar-refractivity contribution < 1.29 is 23.5 Å². The van der Waals surface area contributed by atoms with Crippen molar-refractivity contribution in [3.8, 4) is 11.8 Å². The van der Waals surface area contributed by atoms with Crippen LogP contribution in [0.5, 0.6) is 5.75 Å². The molecule has 0 saturated carbocycles. The third-order valence-electron chi connectivity index (χ3n) is 4.83.